The minimum Gasteiger partial charge on any atom is -0.482 e. The fraction of sp³-hybridized carbons (Fsp3) is 0.0588. The lowest BCUT2D eigenvalue weighted by Crippen LogP contribution is -2.42. The Labute approximate surface area is 145 Å². The van der Waals surface area contributed by atoms with E-state index in [-0.39, 0.29) is 11.3 Å². The van der Waals surface area contributed by atoms with E-state index in [4.69, 9.17) is 10.00 Å². The number of hydrogen-bond donors (Lipinski definition) is 2. The lowest BCUT2D eigenvalue weighted by atomic mass is 10.2. The molecule has 0 unspecified atom stereocenters. The first kappa shape index (κ1) is 18.2. The number of carbonyl (C=O) groups excluding carboxylic acids is 1. The van der Waals surface area contributed by atoms with E-state index in [0.717, 1.165) is 5.41 Å². The van der Waals surface area contributed by atoms with Crippen molar-refractivity contribution in [2.45, 2.75) is 0 Å². The SMILES string of the molecule is N#Cc1ccccc1OCC(=O)NNS(=O)(=O)/C=C/c1ccccc1. The Hall–Kier alpha value is -3.15. The average molecular weight is 357 g/mol. The summed E-state index contributed by atoms with van der Waals surface area (Å²) in [6, 6.07) is 17.2. The highest BCUT2D eigenvalue weighted by Crippen LogP contribution is 2.16. The van der Waals surface area contributed by atoms with Gasteiger partial charge in [-0.1, -0.05) is 42.5 Å². The van der Waals surface area contributed by atoms with Crippen LogP contribution in [-0.2, 0) is 14.8 Å². The predicted molar refractivity (Wildman–Crippen MR) is 92.3 cm³/mol. The van der Waals surface area contributed by atoms with Crippen LogP contribution in [0.1, 0.15) is 11.1 Å². The second-order valence-corrected chi connectivity index (χ2v) is 6.37. The molecule has 128 valence electrons. The maximum atomic E-state index is 11.8. The van der Waals surface area contributed by atoms with Crippen LogP contribution in [-0.4, -0.2) is 20.9 Å². The van der Waals surface area contributed by atoms with Crippen molar-refractivity contribution in [3.63, 3.8) is 0 Å². The van der Waals surface area contributed by atoms with Crippen molar-refractivity contribution >= 4 is 22.0 Å². The number of sulfonamides is 1. The Kier molecular flexibility index (Phi) is 6.28. The second kappa shape index (κ2) is 8.63. The second-order valence-electron chi connectivity index (χ2n) is 4.81. The summed E-state index contributed by atoms with van der Waals surface area (Å²) in [7, 11) is -3.84. The molecule has 0 saturated carbocycles. The lowest BCUT2D eigenvalue weighted by molar-refractivity contribution is -0.123. The highest BCUT2D eigenvalue weighted by molar-refractivity contribution is 7.92. The Balaban J connectivity index is 1.85. The van der Waals surface area contributed by atoms with Gasteiger partial charge in [0.2, 0.25) is 0 Å². The molecule has 2 aromatic rings. The minimum absolute atomic E-state index is 0.243. The highest BCUT2D eigenvalue weighted by Gasteiger charge is 2.09. The van der Waals surface area contributed by atoms with E-state index in [1.54, 1.807) is 48.5 Å². The number of para-hydroxylation sites is 1. The van der Waals surface area contributed by atoms with Crippen LogP contribution >= 0.6 is 0 Å². The summed E-state index contributed by atoms with van der Waals surface area (Å²) in [4.78, 5) is 13.6. The smallest absolute Gasteiger partial charge is 0.272 e. The first-order valence-electron chi connectivity index (χ1n) is 7.16. The third kappa shape index (κ3) is 6.10. The summed E-state index contributed by atoms with van der Waals surface area (Å²) in [5, 5.41) is 9.86. The molecule has 0 spiro atoms. The number of nitrogens with one attached hydrogen (secondary N) is 2. The van der Waals surface area contributed by atoms with Crippen molar-refractivity contribution in [2.75, 3.05) is 6.61 Å². The molecule has 7 nitrogen and oxygen atoms in total. The molecule has 0 fully saturated rings. The summed E-state index contributed by atoms with van der Waals surface area (Å²) in [5.41, 5.74) is 3.01. The maximum absolute atomic E-state index is 11.8. The molecule has 0 aliphatic carbocycles. The van der Waals surface area contributed by atoms with Gasteiger partial charge in [-0.25, -0.2) is 8.42 Å². The molecule has 2 aromatic carbocycles. The number of amides is 1. The van der Waals surface area contributed by atoms with Gasteiger partial charge in [-0.15, -0.1) is 4.83 Å². The molecule has 2 N–H and O–H groups in total. The molecule has 1 amide bonds. The zero-order valence-corrected chi connectivity index (χ0v) is 13.9. The van der Waals surface area contributed by atoms with E-state index in [9.17, 15) is 13.2 Å². The number of nitrogens with zero attached hydrogens (tertiary/aromatic N) is 1. The molecular formula is C17H15N3O4S. The molecule has 0 atom stereocenters. The maximum Gasteiger partial charge on any atom is 0.272 e. The van der Waals surface area contributed by atoms with Gasteiger partial charge in [0.1, 0.15) is 11.8 Å². The van der Waals surface area contributed by atoms with E-state index in [2.05, 4.69) is 0 Å². The van der Waals surface area contributed by atoms with Crippen LogP contribution in [0.15, 0.2) is 60.0 Å². The number of hydrogen-bond acceptors (Lipinski definition) is 5. The highest BCUT2D eigenvalue weighted by atomic mass is 32.2. The van der Waals surface area contributed by atoms with Crippen LogP contribution < -0.4 is 15.0 Å². The van der Waals surface area contributed by atoms with Crippen molar-refractivity contribution in [1.82, 2.24) is 10.3 Å². The van der Waals surface area contributed by atoms with Crippen LogP contribution in [0.4, 0.5) is 0 Å². The first-order chi connectivity index (χ1) is 12.0. The summed E-state index contributed by atoms with van der Waals surface area (Å²) < 4.78 is 28.8. The van der Waals surface area contributed by atoms with E-state index in [0.29, 0.717) is 5.56 Å². The number of ether oxygens (including phenoxy) is 1. The van der Waals surface area contributed by atoms with Gasteiger partial charge in [0.25, 0.3) is 15.9 Å². The topological polar surface area (TPSA) is 108 Å². The van der Waals surface area contributed by atoms with E-state index >= 15 is 0 Å². The average Bonchev–Trinajstić information content (AvgIpc) is 2.64. The fourth-order valence-electron chi connectivity index (χ4n) is 1.76. The monoisotopic (exact) mass is 357 g/mol. The zero-order chi connectivity index (χ0) is 18.1. The first-order valence-corrected chi connectivity index (χ1v) is 8.70. The largest absolute Gasteiger partial charge is 0.482 e. The van der Waals surface area contributed by atoms with Crippen molar-refractivity contribution in [1.29, 1.82) is 5.26 Å². The molecular weight excluding hydrogens is 342 g/mol. The normalized spacial score (nSPS) is 11.0. The molecule has 2 rings (SSSR count). The van der Waals surface area contributed by atoms with E-state index in [1.165, 1.54) is 6.08 Å². The van der Waals surface area contributed by atoms with Crippen LogP contribution in [0.2, 0.25) is 0 Å². The number of rotatable bonds is 7. The standard InChI is InChI=1S/C17H15N3O4S/c18-12-15-8-4-5-9-16(15)24-13-17(21)19-20-25(22,23)11-10-14-6-2-1-3-7-14/h1-11,20H,13H2,(H,19,21)/b11-10+. The molecule has 0 aliphatic heterocycles. The third-order valence-electron chi connectivity index (χ3n) is 2.94. The van der Waals surface area contributed by atoms with Crippen molar-refractivity contribution < 1.29 is 17.9 Å². The summed E-state index contributed by atoms with van der Waals surface area (Å²) >= 11 is 0. The number of hydrazine groups is 1. The van der Waals surface area contributed by atoms with E-state index in [1.807, 2.05) is 22.4 Å². The Bertz CT molecular complexity index is 903. The molecule has 8 heteroatoms. The van der Waals surface area contributed by atoms with Crippen molar-refractivity contribution in [2.24, 2.45) is 0 Å². The number of nitriles is 1. The minimum atomic E-state index is -3.84. The summed E-state index contributed by atoms with van der Waals surface area (Å²) in [6.07, 6.45) is 1.40. The Morgan fingerprint density at radius 2 is 1.80 bits per heavy atom. The summed E-state index contributed by atoms with van der Waals surface area (Å²) in [6.45, 7) is -0.441. The van der Waals surface area contributed by atoms with Crippen LogP contribution in [0.3, 0.4) is 0 Å². The zero-order valence-electron chi connectivity index (χ0n) is 13.0. The molecule has 0 radical (unpaired) electrons. The van der Waals surface area contributed by atoms with Gasteiger partial charge in [0, 0.05) is 5.41 Å². The van der Waals surface area contributed by atoms with Gasteiger partial charge in [-0.05, 0) is 23.8 Å². The summed E-state index contributed by atoms with van der Waals surface area (Å²) in [5.74, 6) is -0.462. The van der Waals surface area contributed by atoms with Gasteiger partial charge >= 0.3 is 0 Å². The Morgan fingerprint density at radius 1 is 1.12 bits per heavy atom. The molecule has 25 heavy (non-hydrogen) atoms. The van der Waals surface area contributed by atoms with Gasteiger partial charge in [0.15, 0.2) is 6.61 Å². The van der Waals surface area contributed by atoms with Crippen molar-refractivity contribution in [3.05, 3.63) is 71.1 Å². The number of benzene rings is 2. The van der Waals surface area contributed by atoms with Crippen LogP contribution in [0.25, 0.3) is 6.08 Å². The Morgan fingerprint density at radius 3 is 2.52 bits per heavy atom. The fourth-order valence-corrected chi connectivity index (χ4v) is 2.42. The quantitative estimate of drug-likeness (QED) is 0.731. The third-order valence-corrected chi connectivity index (χ3v) is 3.82. The van der Waals surface area contributed by atoms with Gasteiger partial charge in [-0.3, -0.25) is 10.2 Å². The van der Waals surface area contributed by atoms with Gasteiger partial charge in [0.05, 0.1) is 5.56 Å². The van der Waals surface area contributed by atoms with Crippen molar-refractivity contribution in [3.8, 4) is 11.8 Å². The van der Waals surface area contributed by atoms with Crippen LogP contribution in [0.5, 0.6) is 5.75 Å². The molecule has 0 saturated heterocycles. The van der Waals surface area contributed by atoms with E-state index < -0.39 is 22.5 Å². The predicted octanol–water partition coefficient (Wildman–Crippen LogP) is 1.56. The molecule has 0 aromatic heterocycles. The van der Waals surface area contributed by atoms with Gasteiger partial charge < -0.3 is 4.74 Å². The lowest BCUT2D eigenvalue weighted by Gasteiger charge is -2.08. The number of carbonyl (C=O) groups is 1. The van der Waals surface area contributed by atoms with Gasteiger partial charge in [-0.2, -0.15) is 5.26 Å². The molecule has 0 heterocycles. The molecule has 0 bridgehead atoms. The molecule has 0 aliphatic rings. The van der Waals surface area contributed by atoms with Crippen LogP contribution in [0, 0.1) is 11.3 Å².